The number of para-hydroxylation sites is 1. The smallest absolute Gasteiger partial charge is 0.343 e. The van der Waals surface area contributed by atoms with E-state index in [1.54, 1.807) is 55.5 Å². The van der Waals surface area contributed by atoms with E-state index in [9.17, 15) is 14.4 Å². The predicted octanol–water partition coefficient (Wildman–Crippen LogP) is 5.00. The van der Waals surface area contributed by atoms with E-state index in [0.717, 1.165) is 5.56 Å². The molecule has 0 unspecified atom stereocenters. The van der Waals surface area contributed by atoms with Crippen LogP contribution in [0.5, 0.6) is 5.75 Å². The number of amides is 2. The molecule has 3 aromatic rings. The van der Waals surface area contributed by atoms with E-state index >= 15 is 0 Å². The molecule has 3 rings (SSSR count). The zero-order valence-electron chi connectivity index (χ0n) is 17.7. The summed E-state index contributed by atoms with van der Waals surface area (Å²) in [7, 11) is 0. The molecular weight excluding hydrogens is 465 g/mol. The summed E-state index contributed by atoms with van der Waals surface area (Å²) >= 11 is 11.9. The first kappa shape index (κ1) is 24.0. The zero-order valence-corrected chi connectivity index (χ0v) is 19.2. The van der Waals surface area contributed by atoms with Gasteiger partial charge in [0.05, 0.1) is 27.0 Å². The number of carbonyl (C=O) groups excluding carboxylic acids is 3. The summed E-state index contributed by atoms with van der Waals surface area (Å²) in [4.78, 5) is 36.8. The lowest BCUT2D eigenvalue weighted by Crippen LogP contribution is -2.33. The van der Waals surface area contributed by atoms with Gasteiger partial charge in [-0.3, -0.25) is 9.59 Å². The van der Waals surface area contributed by atoms with Crippen molar-refractivity contribution in [3.8, 4) is 5.75 Å². The monoisotopic (exact) mass is 483 g/mol. The molecule has 0 bridgehead atoms. The van der Waals surface area contributed by atoms with Crippen LogP contribution in [0, 0.1) is 6.92 Å². The molecule has 2 N–H and O–H groups in total. The number of ether oxygens (including phenoxy) is 1. The third-order valence-corrected chi connectivity index (χ3v) is 5.32. The summed E-state index contributed by atoms with van der Waals surface area (Å²) < 4.78 is 5.51. The maximum Gasteiger partial charge on any atom is 0.343 e. The van der Waals surface area contributed by atoms with Crippen LogP contribution in [-0.4, -0.2) is 23.5 Å². The maximum absolute atomic E-state index is 12.5. The number of anilines is 1. The fourth-order valence-electron chi connectivity index (χ4n) is 2.73. The first-order valence-electron chi connectivity index (χ1n) is 9.74. The molecule has 0 spiro atoms. The molecular formula is C24H19Cl2N3O4. The number of nitrogens with one attached hydrogen (secondary N) is 2. The SMILES string of the molecule is CC(=NNC(=O)C(=O)Nc1cccc(Cl)c1Cl)c1ccccc1OC(=O)c1ccc(C)cc1. The molecule has 0 saturated carbocycles. The van der Waals surface area contributed by atoms with Crippen LogP contribution >= 0.6 is 23.2 Å². The number of rotatable bonds is 5. The van der Waals surface area contributed by atoms with E-state index in [4.69, 9.17) is 27.9 Å². The largest absolute Gasteiger partial charge is 0.422 e. The minimum Gasteiger partial charge on any atom is -0.422 e. The van der Waals surface area contributed by atoms with Crippen LogP contribution in [-0.2, 0) is 9.59 Å². The molecule has 3 aromatic carbocycles. The highest BCUT2D eigenvalue weighted by Crippen LogP contribution is 2.29. The Hall–Kier alpha value is -3.68. The third-order valence-electron chi connectivity index (χ3n) is 4.50. The van der Waals surface area contributed by atoms with E-state index in [0.29, 0.717) is 16.8 Å². The summed E-state index contributed by atoms with van der Waals surface area (Å²) in [5.41, 5.74) is 4.58. The van der Waals surface area contributed by atoms with Crippen LogP contribution in [0.25, 0.3) is 0 Å². The number of aryl methyl sites for hydroxylation is 1. The van der Waals surface area contributed by atoms with Gasteiger partial charge in [-0.05, 0) is 50.2 Å². The number of nitrogens with zero attached hydrogens (tertiary/aromatic N) is 1. The fourth-order valence-corrected chi connectivity index (χ4v) is 3.08. The molecule has 7 nitrogen and oxygen atoms in total. The second-order valence-electron chi connectivity index (χ2n) is 6.95. The number of hydrazone groups is 1. The van der Waals surface area contributed by atoms with E-state index in [1.165, 1.54) is 6.07 Å². The number of hydrogen-bond donors (Lipinski definition) is 2. The second-order valence-corrected chi connectivity index (χ2v) is 7.73. The standard InChI is InChI=1S/C24H19Cl2N3O4/c1-14-10-12-16(13-11-14)24(32)33-20-9-4-3-6-17(20)15(2)28-29-23(31)22(30)27-19-8-5-7-18(25)21(19)26/h3-13H,1-2H3,(H,27,30)(H,29,31). The predicted molar refractivity (Wildman–Crippen MR) is 128 cm³/mol. The maximum atomic E-state index is 12.5. The average Bonchev–Trinajstić information content (AvgIpc) is 2.81. The lowest BCUT2D eigenvalue weighted by molar-refractivity contribution is -0.136. The lowest BCUT2D eigenvalue weighted by atomic mass is 10.1. The molecule has 0 atom stereocenters. The van der Waals surface area contributed by atoms with E-state index in [-0.39, 0.29) is 21.5 Å². The number of halogens is 2. The van der Waals surface area contributed by atoms with Gasteiger partial charge in [-0.25, -0.2) is 10.2 Å². The van der Waals surface area contributed by atoms with Gasteiger partial charge in [0.2, 0.25) is 0 Å². The normalized spacial score (nSPS) is 11.0. The molecule has 0 aliphatic heterocycles. The Labute approximate surface area is 200 Å². The Kier molecular flexibility index (Phi) is 7.82. The number of carbonyl (C=O) groups is 3. The van der Waals surface area contributed by atoms with Crippen molar-refractivity contribution >= 4 is 52.4 Å². The van der Waals surface area contributed by atoms with Gasteiger partial charge in [0.1, 0.15) is 5.75 Å². The van der Waals surface area contributed by atoms with E-state index < -0.39 is 17.8 Å². The molecule has 0 aliphatic rings. The van der Waals surface area contributed by atoms with Crippen molar-refractivity contribution in [2.75, 3.05) is 5.32 Å². The molecule has 9 heteroatoms. The van der Waals surface area contributed by atoms with Crippen molar-refractivity contribution in [2.24, 2.45) is 5.10 Å². The molecule has 0 saturated heterocycles. The summed E-state index contributed by atoms with van der Waals surface area (Å²) in [6, 6.07) is 18.3. The van der Waals surface area contributed by atoms with Crippen molar-refractivity contribution in [1.29, 1.82) is 0 Å². The van der Waals surface area contributed by atoms with Crippen LogP contribution in [0.15, 0.2) is 71.8 Å². The summed E-state index contributed by atoms with van der Waals surface area (Å²) in [5, 5.41) is 6.67. The van der Waals surface area contributed by atoms with Crippen molar-refractivity contribution < 1.29 is 19.1 Å². The molecule has 2 amide bonds. The molecule has 33 heavy (non-hydrogen) atoms. The summed E-state index contributed by atoms with van der Waals surface area (Å²) in [6.07, 6.45) is 0. The number of benzene rings is 3. The van der Waals surface area contributed by atoms with Crippen LogP contribution in [0.4, 0.5) is 5.69 Å². The van der Waals surface area contributed by atoms with Crippen molar-refractivity contribution in [3.63, 3.8) is 0 Å². The minimum atomic E-state index is -1.01. The highest BCUT2D eigenvalue weighted by Gasteiger charge is 2.17. The van der Waals surface area contributed by atoms with Gasteiger partial charge in [-0.1, -0.05) is 59.1 Å². The fraction of sp³-hybridized carbons (Fsp3) is 0.0833. The van der Waals surface area contributed by atoms with Gasteiger partial charge in [-0.15, -0.1) is 0 Å². The molecule has 0 aromatic heterocycles. The summed E-state index contributed by atoms with van der Waals surface area (Å²) in [5.74, 6) is -2.26. The molecule has 0 radical (unpaired) electrons. The van der Waals surface area contributed by atoms with Gasteiger partial charge in [0.25, 0.3) is 0 Å². The van der Waals surface area contributed by atoms with Gasteiger partial charge in [0, 0.05) is 5.56 Å². The highest BCUT2D eigenvalue weighted by molar-refractivity contribution is 6.45. The van der Waals surface area contributed by atoms with E-state index in [1.807, 2.05) is 19.1 Å². The second kappa shape index (κ2) is 10.8. The highest BCUT2D eigenvalue weighted by atomic mass is 35.5. The van der Waals surface area contributed by atoms with Crippen molar-refractivity contribution in [1.82, 2.24) is 5.43 Å². The molecule has 0 fully saturated rings. The van der Waals surface area contributed by atoms with Crippen molar-refractivity contribution in [2.45, 2.75) is 13.8 Å². The van der Waals surface area contributed by atoms with Crippen LogP contribution in [0.1, 0.15) is 28.4 Å². The topological polar surface area (TPSA) is 96.9 Å². The first-order chi connectivity index (χ1) is 15.8. The quantitative estimate of drug-likeness (QED) is 0.175. The van der Waals surface area contributed by atoms with Crippen LogP contribution in [0.2, 0.25) is 10.0 Å². The van der Waals surface area contributed by atoms with Gasteiger partial charge in [-0.2, -0.15) is 5.10 Å². The van der Waals surface area contributed by atoms with Gasteiger partial charge in [0.15, 0.2) is 0 Å². The summed E-state index contributed by atoms with van der Waals surface area (Å²) in [6.45, 7) is 3.52. The molecule has 168 valence electrons. The molecule has 0 heterocycles. The minimum absolute atomic E-state index is 0.115. The zero-order chi connectivity index (χ0) is 24.0. The van der Waals surface area contributed by atoms with Crippen LogP contribution in [0.3, 0.4) is 0 Å². The Balaban J connectivity index is 1.69. The molecule has 0 aliphatic carbocycles. The van der Waals surface area contributed by atoms with Gasteiger partial charge >= 0.3 is 17.8 Å². The Morgan fingerprint density at radius 2 is 1.58 bits per heavy atom. The lowest BCUT2D eigenvalue weighted by Gasteiger charge is -2.10. The van der Waals surface area contributed by atoms with E-state index in [2.05, 4.69) is 15.8 Å². The Bertz CT molecular complexity index is 1240. The first-order valence-corrected chi connectivity index (χ1v) is 10.5. The Morgan fingerprint density at radius 1 is 0.879 bits per heavy atom. The number of esters is 1. The third kappa shape index (κ3) is 6.19. The van der Waals surface area contributed by atoms with Gasteiger partial charge < -0.3 is 10.1 Å². The van der Waals surface area contributed by atoms with Crippen LogP contribution < -0.4 is 15.5 Å². The average molecular weight is 484 g/mol. The Morgan fingerprint density at radius 3 is 2.30 bits per heavy atom. The number of hydrogen-bond acceptors (Lipinski definition) is 5. The van der Waals surface area contributed by atoms with Crippen molar-refractivity contribution in [3.05, 3.63) is 93.5 Å².